The lowest BCUT2D eigenvalue weighted by Crippen LogP contribution is -1.90. The van der Waals surface area contributed by atoms with E-state index in [4.69, 9.17) is 8.83 Å². The molecule has 74 valence electrons. The second-order valence-electron chi connectivity index (χ2n) is 3.03. The van der Waals surface area contributed by atoms with Crippen LogP contribution in [0.1, 0.15) is 17.2 Å². The lowest BCUT2D eigenvalue weighted by atomic mass is 10.2. The molecule has 4 heteroatoms. The van der Waals surface area contributed by atoms with Gasteiger partial charge in [-0.3, -0.25) is 0 Å². The van der Waals surface area contributed by atoms with E-state index in [0.717, 1.165) is 17.2 Å². The summed E-state index contributed by atoms with van der Waals surface area (Å²) >= 11 is 0. The summed E-state index contributed by atoms with van der Waals surface area (Å²) in [5.74, 6) is 1.72. The fourth-order valence-electron chi connectivity index (χ4n) is 1.28. The molecule has 2 heterocycles. The van der Waals surface area contributed by atoms with E-state index in [1.54, 1.807) is 13.3 Å². The summed E-state index contributed by atoms with van der Waals surface area (Å²) in [6.07, 6.45) is 2.33. The summed E-state index contributed by atoms with van der Waals surface area (Å²) in [7, 11) is 1.78. The molecule has 0 spiro atoms. The molecule has 1 N–H and O–H groups in total. The first-order chi connectivity index (χ1) is 6.79. The number of hydrogen-bond acceptors (Lipinski definition) is 4. The zero-order chi connectivity index (χ0) is 9.97. The Labute approximate surface area is 81.9 Å². The highest BCUT2D eigenvalue weighted by molar-refractivity contribution is 5.26. The minimum absolute atomic E-state index is 0.545. The third kappa shape index (κ3) is 1.64. The molecule has 0 radical (unpaired) electrons. The van der Waals surface area contributed by atoms with E-state index in [1.807, 2.05) is 19.1 Å². The smallest absolute Gasteiger partial charge is 0.294 e. The maximum absolute atomic E-state index is 5.35. The highest BCUT2D eigenvalue weighted by atomic mass is 16.4. The molecule has 2 rings (SSSR count). The third-order valence-corrected chi connectivity index (χ3v) is 2.03. The van der Waals surface area contributed by atoms with Crippen molar-refractivity contribution in [2.75, 3.05) is 12.4 Å². The van der Waals surface area contributed by atoms with E-state index < -0.39 is 0 Å². The average Bonchev–Trinajstić information content (AvgIpc) is 2.78. The van der Waals surface area contributed by atoms with Crippen molar-refractivity contribution >= 4 is 6.01 Å². The van der Waals surface area contributed by atoms with Crippen LogP contribution in [0.2, 0.25) is 0 Å². The van der Waals surface area contributed by atoms with Crippen LogP contribution in [0.15, 0.2) is 27.2 Å². The van der Waals surface area contributed by atoms with Gasteiger partial charge in [0.1, 0.15) is 11.5 Å². The van der Waals surface area contributed by atoms with Gasteiger partial charge in [0, 0.05) is 7.05 Å². The Morgan fingerprint density at radius 3 is 2.93 bits per heavy atom. The molecule has 0 atom stereocenters. The summed E-state index contributed by atoms with van der Waals surface area (Å²) in [6, 6.07) is 4.33. The van der Waals surface area contributed by atoms with Gasteiger partial charge in [0.15, 0.2) is 0 Å². The normalized spacial score (nSPS) is 10.4. The van der Waals surface area contributed by atoms with Crippen LogP contribution in [0.25, 0.3) is 0 Å². The van der Waals surface area contributed by atoms with Crippen molar-refractivity contribution in [1.29, 1.82) is 0 Å². The molecule has 14 heavy (non-hydrogen) atoms. The molecular formula is C10H12N2O2. The first-order valence-corrected chi connectivity index (χ1v) is 4.46. The molecule has 0 aromatic carbocycles. The number of anilines is 1. The molecular weight excluding hydrogens is 180 g/mol. The fourth-order valence-corrected chi connectivity index (χ4v) is 1.28. The molecule has 0 amide bonds. The summed E-state index contributed by atoms with van der Waals surface area (Å²) in [5, 5.41) is 2.86. The number of oxazole rings is 1. The number of aryl methyl sites for hydroxylation is 1. The Morgan fingerprint density at radius 2 is 2.36 bits per heavy atom. The van der Waals surface area contributed by atoms with Crippen molar-refractivity contribution in [3.05, 3.63) is 35.6 Å². The SMILES string of the molecule is CNc1nc(Cc2ccco2)c(C)o1. The second kappa shape index (κ2) is 3.57. The van der Waals surface area contributed by atoms with Crippen LogP contribution in [0.3, 0.4) is 0 Å². The predicted molar refractivity (Wildman–Crippen MR) is 52.3 cm³/mol. The fraction of sp³-hybridized carbons (Fsp3) is 0.300. The van der Waals surface area contributed by atoms with Gasteiger partial charge in [0.2, 0.25) is 0 Å². The third-order valence-electron chi connectivity index (χ3n) is 2.03. The monoisotopic (exact) mass is 192 g/mol. The highest BCUT2D eigenvalue weighted by Crippen LogP contribution is 2.17. The average molecular weight is 192 g/mol. The maximum atomic E-state index is 5.35. The molecule has 0 aliphatic carbocycles. The van der Waals surface area contributed by atoms with Gasteiger partial charge in [0.25, 0.3) is 6.01 Å². The van der Waals surface area contributed by atoms with Crippen LogP contribution >= 0.6 is 0 Å². The van der Waals surface area contributed by atoms with Gasteiger partial charge in [-0.1, -0.05) is 0 Å². The minimum atomic E-state index is 0.545. The van der Waals surface area contributed by atoms with Gasteiger partial charge in [-0.2, -0.15) is 4.98 Å². The van der Waals surface area contributed by atoms with Gasteiger partial charge in [-0.05, 0) is 19.1 Å². The molecule has 0 saturated carbocycles. The summed E-state index contributed by atoms with van der Waals surface area (Å²) < 4.78 is 10.6. The quantitative estimate of drug-likeness (QED) is 0.810. The number of nitrogens with zero attached hydrogens (tertiary/aromatic N) is 1. The van der Waals surface area contributed by atoms with E-state index in [9.17, 15) is 0 Å². The van der Waals surface area contributed by atoms with E-state index in [0.29, 0.717) is 12.4 Å². The van der Waals surface area contributed by atoms with Crippen LogP contribution < -0.4 is 5.32 Å². The molecule has 0 fully saturated rings. The van der Waals surface area contributed by atoms with E-state index in [2.05, 4.69) is 10.3 Å². The van der Waals surface area contributed by atoms with Gasteiger partial charge in [-0.25, -0.2) is 0 Å². The Hall–Kier alpha value is -1.71. The Kier molecular flexibility index (Phi) is 2.26. The second-order valence-corrected chi connectivity index (χ2v) is 3.03. The minimum Gasteiger partial charge on any atom is -0.469 e. The van der Waals surface area contributed by atoms with Crippen LogP contribution in [0, 0.1) is 6.92 Å². The van der Waals surface area contributed by atoms with Crippen molar-refractivity contribution in [3.8, 4) is 0 Å². The standard InChI is InChI=1S/C10H12N2O2/c1-7-9(12-10(11-2)14-7)6-8-4-3-5-13-8/h3-5H,6H2,1-2H3,(H,11,12). The van der Waals surface area contributed by atoms with E-state index in [1.165, 1.54) is 0 Å². The maximum Gasteiger partial charge on any atom is 0.294 e. The number of furan rings is 1. The van der Waals surface area contributed by atoms with Crippen molar-refractivity contribution in [2.24, 2.45) is 0 Å². The molecule has 2 aromatic rings. The Morgan fingerprint density at radius 1 is 1.50 bits per heavy atom. The summed E-state index contributed by atoms with van der Waals surface area (Å²) in [6.45, 7) is 1.89. The predicted octanol–water partition coefficient (Wildman–Crippen LogP) is 2.21. The lowest BCUT2D eigenvalue weighted by molar-refractivity contribution is 0.513. The largest absolute Gasteiger partial charge is 0.469 e. The van der Waals surface area contributed by atoms with Gasteiger partial charge in [-0.15, -0.1) is 0 Å². The summed E-state index contributed by atoms with van der Waals surface area (Å²) in [4.78, 5) is 4.27. The van der Waals surface area contributed by atoms with Gasteiger partial charge < -0.3 is 14.2 Å². The highest BCUT2D eigenvalue weighted by Gasteiger charge is 2.09. The molecule has 0 bridgehead atoms. The van der Waals surface area contributed by atoms with Crippen molar-refractivity contribution < 1.29 is 8.83 Å². The van der Waals surface area contributed by atoms with E-state index in [-0.39, 0.29) is 0 Å². The zero-order valence-corrected chi connectivity index (χ0v) is 8.20. The van der Waals surface area contributed by atoms with Crippen molar-refractivity contribution in [3.63, 3.8) is 0 Å². The first kappa shape index (κ1) is 8.87. The van der Waals surface area contributed by atoms with E-state index >= 15 is 0 Å². The number of nitrogens with one attached hydrogen (secondary N) is 1. The lowest BCUT2D eigenvalue weighted by Gasteiger charge is -1.91. The molecule has 2 aromatic heterocycles. The van der Waals surface area contributed by atoms with Crippen LogP contribution in [-0.2, 0) is 6.42 Å². The molecule has 0 aliphatic rings. The van der Waals surface area contributed by atoms with Crippen molar-refractivity contribution in [1.82, 2.24) is 4.98 Å². The molecule has 0 saturated heterocycles. The Bertz CT molecular complexity index is 404. The molecule has 0 aliphatic heterocycles. The topological polar surface area (TPSA) is 51.2 Å². The zero-order valence-electron chi connectivity index (χ0n) is 8.20. The van der Waals surface area contributed by atoms with Gasteiger partial charge in [0.05, 0.1) is 18.4 Å². The first-order valence-electron chi connectivity index (χ1n) is 4.46. The van der Waals surface area contributed by atoms with Crippen LogP contribution in [-0.4, -0.2) is 12.0 Å². The summed E-state index contributed by atoms with van der Waals surface area (Å²) in [5.41, 5.74) is 0.907. The Balaban J connectivity index is 2.20. The number of rotatable bonds is 3. The number of hydrogen-bond donors (Lipinski definition) is 1. The number of aromatic nitrogens is 1. The van der Waals surface area contributed by atoms with Crippen molar-refractivity contribution in [2.45, 2.75) is 13.3 Å². The van der Waals surface area contributed by atoms with Gasteiger partial charge >= 0.3 is 0 Å². The van der Waals surface area contributed by atoms with Crippen LogP contribution in [0.5, 0.6) is 0 Å². The molecule has 0 unspecified atom stereocenters. The molecule has 4 nitrogen and oxygen atoms in total. The van der Waals surface area contributed by atoms with Crippen LogP contribution in [0.4, 0.5) is 6.01 Å².